The molecule has 0 radical (unpaired) electrons. The molecular formula is C20H22N4O3. The lowest BCUT2D eigenvalue weighted by molar-refractivity contribution is 0.0938. The van der Waals surface area contributed by atoms with Crippen molar-refractivity contribution < 1.29 is 14.6 Å². The fourth-order valence-corrected chi connectivity index (χ4v) is 2.56. The topological polar surface area (TPSA) is 89.3 Å². The van der Waals surface area contributed by atoms with Gasteiger partial charge in [-0.2, -0.15) is 0 Å². The first-order valence-corrected chi connectivity index (χ1v) is 8.60. The van der Waals surface area contributed by atoms with Gasteiger partial charge in [-0.05, 0) is 30.2 Å². The molecule has 2 aromatic carbocycles. The average molecular weight is 366 g/mol. The van der Waals surface area contributed by atoms with Crippen LogP contribution in [-0.2, 0) is 13.1 Å². The lowest BCUT2D eigenvalue weighted by Gasteiger charge is -2.11. The van der Waals surface area contributed by atoms with E-state index in [1.165, 1.54) is 16.6 Å². The summed E-state index contributed by atoms with van der Waals surface area (Å²) in [4.78, 5) is 16.2. The number of ether oxygens (including phenoxy) is 1. The molecule has 3 aromatic rings. The number of carbonyl (C=O) groups is 1. The number of carbonyl (C=O) groups excluding carboxylic acids is 1. The van der Waals surface area contributed by atoms with Crippen LogP contribution >= 0.6 is 0 Å². The molecule has 1 heterocycles. The molecule has 2 N–H and O–H groups in total. The summed E-state index contributed by atoms with van der Waals surface area (Å²) in [5.41, 5.74) is 2.90. The third-order valence-electron chi connectivity index (χ3n) is 4.17. The van der Waals surface area contributed by atoms with Crippen LogP contribution in [0.2, 0.25) is 0 Å². The molecule has 27 heavy (non-hydrogen) atoms. The van der Waals surface area contributed by atoms with E-state index >= 15 is 0 Å². The van der Waals surface area contributed by atoms with Crippen LogP contribution in [0, 0.1) is 6.92 Å². The van der Waals surface area contributed by atoms with Crippen LogP contribution in [0.5, 0.6) is 5.75 Å². The van der Waals surface area contributed by atoms with Crippen LogP contribution in [0.4, 0.5) is 0 Å². The molecule has 3 rings (SSSR count). The number of aliphatic hydroxyl groups excluding tert-OH is 1. The van der Waals surface area contributed by atoms with Gasteiger partial charge in [0.25, 0.3) is 5.91 Å². The Bertz CT molecular complexity index is 888. The lowest BCUT2D eigenvalue weighted by Crippen LogP contribution is -2.24. The predicted molar refractivity (Wildman–Crippen MR) is 100 cm³/mol. The number of aliphatic hydroxyl groups is 1. The Kier molecular flexibility index (Phi) is 5.83. The SMILES string of the molecule is COc1ccc([C@H](O)Cn2cnc(C(=O)NCc3ccc(C)cc3)n2)cc1. The molecule has 0 fully saturated rings. The first-order chi connectivity index (χ1) is 13.0. The second-order valence-electron chi connectivity index (χ2n) is 6.25. The molecule has 140 valence electrons. The number of nitrogens with zero attached hydrogens (tertiary/aromatic N) is 3. The molecule has 0 aliphatic rings. The van der Waals surface area contributed by atoms with Gasteiger partial charge < -0.3 is 15.2 Å². The van der Waals surface area contributed by atoms with Crippen LogP contribution in [-0.4, -0.2) is 32.9 Å². The minimum Gasteiger partial charge on any atom is -0.497 e. The van der Waals surface area contributed by atoms with E-state index in [-0.39, 0.29) is 18.3 Å². The lowest BCUT2D eigenvalue weighted by atomic mass is 10.1. The maximum atomic E-state index is 12.2. The number of aryl methyl sites for hydroxylation is 1. The van der Waals surface area contributed by atoms with Gasteiger partial charge in [-0.15, -0.1) is 5.10 Å². The van der Waals surface area contributed by atoms with Crippen molar-refractivity contribution in [2.75, 3.05) is 7.11 Å². The average Bonchev–Trinajstić information content (AvgIpc) is 3.16. The molecule has 1 aromatic heterocycles. The first kappa shape index (κ1) is 18.6. The Morgan fingerprint density at radius 1 is 1.19 bits per heavy atom. The molecule has 0 aliphatic carbocycles. The van der Waals surface area contributed by atoms with Gasteiger partial charge in [-0.25, -0.2) is 9.67 Å². The van der Waals surface area contributed by atoms with Crippen LogP contribution in [0.25, 0.3) is 0 Å². The summed E-state index contributed by atoms with van der Waals surface area (Å²) < 4.78 is 6.56. The number of benzene rings is 2. The number of amides is 1. The van der Waals surface area contributed by atoms with Gasteiger partial charge in [-0.3, -0.25) is 4.79 Å². The van der Waals surface area contributed by atoms with Crippen molar-refractivity contribution >= 4 is 5.91 Å². The minimum absolute atomic E-state index is 0.0732. The molecule has 0 bridgehead atoms. The van der Waals surface area contributed by atoms with E-state index in [9.17, 15) is 9.90 Å². The minimum atomic E-state index is -0.763. The van der Waals surface area contributed by atoms with Crippen molar-refractivity contribution in [2.45, 2.75) is 26.1 Å². The molecule has 0 saturated heterocycles. The van der Waals surface area contributed by atoms with E-state index < -0.39 is 6.10 Å². The number of hydrogen-bond donors (Lipinski definition) is 2. The zero-order valence-electron chi connectivity index (χ0n) is 15.3. The highest BCUT2D eigenvalue weighted by Crippen LogP contribution is 2.18. The van der Waals surface area contributed by atoms with Crippen molar-refractivity contribution in [1.82, 2.24) is 20.1 Å². The fraction of sp³-hybridized carbons (Fsp3) is 0.250. The molecule has 7 heteroatoms. The van der Waals surface area contributed by atoms with Gasteiger partial charge in [0, 0.05) is 6.54 Å². The summed E-state index contributed by atoms with van der Waals surface area (Å²) in [6.07, 6.45) is 0.675. The first-order valence-electron chi connectivity index (χ1n) is 8.60. The quantitative estimate of drug-likeness (QED) is 0.669. The van der Waals surface area contributed by atoms with E-state index in [1.807, 2.05) is 31.2 Å². The van der Waals surface area contributed by atoms with E-state index in [2.05, 4.69) is 15.4 Å². The van der Waals surface area contributed by atoms with Crippen LogP contribution in [0.1, 0.15) is 33.4 Å². The number of methoxy groups -OCH3 is 1. The highest BCUT2D eigenvalue weighted by atomic mass is 16.5. The Balaban J connectivity index is 1.56. The van der Waals surface area contributed by atoms with E-state index in [0.29, 0.717) is 6.54 Å². The summed E-state index contributed by atoms with van der Waals surface area (Å²) in [6.45, 7) is 2.62. The monoisotopic (exact) mass is 366 g/mol. The highest BCUT2D eigenvalue weighted by Gasteiger charge is 2.14. The number of hydrogen-bond acceptors (Lipinski definition) is 5. The molecular weight excluding hydrogens is 344 g/mol. The molecule has 1 amide bonds. The number of aromatic nitrogens is 3. The zero-order valence-corrected chi connectivity index (χ0v) is 15.3. The fourth-order valence-electron chi connectivity index (χ4n) is 2.56. The van der Waals surface area contributed by atoms with Crippen molar-refractivity contribution in [2.24, 2.45) is 0 Å². The van der Waals surface area contributed by atoms with Crippen LogP contribution in [0.3, 0.4) is 0 Å². The Morgan fingerprint density at radius 2 is 1.89 bits per heavy atom. The molecule has 0 spiro atoms. The second kappa shape index (κ2) is 8.46. The standard InChI is InChI=1S/C20H22N4O3/c1-14-3-5-15(6-4-14)11-21-20(26)19-22-13-24(23-19)12-18(25)16-7-9-17(27-2)10-8-16/h3-10,13,18,25H,11-12H2,1-2H3,(H,21,26)/t18-/m1/s1. The van der Waals surface area contributed by atoms with Gasteiger partial charge in [-0.1, -0.05) is 42.0 Å². The second-order valence-corrected chi connectivity index (χ2v) is 6.25. The number of nitrogens with one attached hydrogen (secondary N) is 1. The smallest absolute Gasteiger partial charge is 0.291 e. The molecule has 0 aliphatic heterocycles. The third kappa shape index (κ3) is 4.92. The van der Waals surface area contributed by atoms with Gasteiger partial charge in [0.15, 0.2) is 0 Å². The Morgan fingerprint density at radius 3 is 2.56 bits per heavy atom. The van der Waals surface area contributed by atoms with E-state index in [4.69, 9.17) is 4.74 Å². The Labute approximate surface area is 157 Å². The largest absolute Gasteiger partial charge is 0.497 e. The molecule has 7 nitrogen and oxygen atoms in total. The van der Waals surface area contributed by atoms with Crippen molar-refractivity contribution in [3.05, 3.63) is 77.4 Å². The summed E-state index contributed by atoms with van der Waals surface area (Å²) in [5.74, 6) is 0.441. The Hall–Kier alpha value is -3.19. The van der Waals surface area contributed by atoms with Gasteiger partial charge in [0.05, 0.1) is 19.8 Å². The van der Waals surface area contributed by atoms with Crippen molar-refractivity contribution in [1.29, 1.82) is 0 Å². The number of rotatable bonds is 7. The van der Waals surface area contributed by atoms with Crippen molar-refractivity contribution in [3.8, 4) is 5.75 Å². The predicted octanol–water partition coefficient (Wildman–Crippen LogP) is 2.26. The van der Waals surface area contributed by atoms with Gasteiger partial charge in [0.2, 0.25) is 5.82 Å². The zero-order chi connectivity index (χ0) is 19.2. The van der Waals surface area contributed by atoms with E-state index in [1.54, 1.807) is 31.4 Å². The third-order valence-corrected chi connectivity index (χ3v) is 4.17. The summed E-state index contributed by atoms with van der Waals surface area (Å²) in [7, 11) is 1.59. The highest BCUT2D eigenvalue weighted by molar-refractivity contribution is 5.90. The maximum absolute atomic E-state index is 12.2. The van der Waals surface area contributed by atoms with Crippen molar-refractivity contribution in [3.63, 3.8) is 0 Å². The van der Waals surface area contributed by atoms with Crippen LogP contribution < -0.4 is 10.1 Å². The normalized spacial score (nSPS) is 11.8. The van der Waals surface area contributed by atoms with E-state index in [0.717, 1.165) is 16.9 Å². The molecule has 1 atom stereocenters. The molecule has 0 saturated carbocycles. The summed E-state index contributed by atoms with van der Waals surface area (Å²) >= 11 is 0. The van der Waals surface area contributed by atoms with Gasteiger partial charge in [0.1, 0.15) is 12.1 Å². The molecule has 0 unspecified atom stereocenters. The summed E-state index contributed by atoms with van der Waals surface area (Å²) in [5, 5.41) is 17.3. The summed E-state index contributed by atoms with van der Waals surface area (Å²) in [6, 6.07) is 15.1. The van der Waals surface area contributed by atoms with Crippen LogP contribution in [0.15, 0.2) is 54.9 Å². The van der Waals surface area contributed by atoms with Gasteiger partial charge >= 0.3 is 0 Å². The maximum Gasteiger partial charge on any atom is 0.291 e.